The minimum atomic E-state index is -0.125. The van der Waals surface area contributed by atoms with Crippen LogP contribution in [0.25, 0.3) is 0 Å². The van der Waals surface area contributed by atoms with Gasteiger partial charge >= 0.3 is 0 Å². The van der Waals surface area contributed by atoms with E-state index < -0.39 is 0 Å². The molecule has 0 heterocycles. The molecule has 0 spiro atoms. The van der Waals surface area contributed by atoms with Crippen LogP contribution in [0.4, 0.5) is 0 Å². The molecular formula is C8H12ClN. The number of halogens is 1. The molecule has 2 aliphatic rings. The highest BCUT2D eigenvalue weighted by atomic mass is 35.5. The van der Waals surface area contributed by atoms with E-state index in [1.165, 1.54) is 12.8 Å². The highest BCUT2D eigenvalue weighted by molar-refractivity contribution is 6.20. The maximum Gasteiger partial charge on any atom is 0.0834 e. The molecule has 0 aliphatic heterocycles. The van der Waals surface area contributed by atoms with Crippen molar-refractivity contribution in [2.24, 2.45) is 23.5 Å². The van der Waals surface area contributed by atoms with Gasteiger partial charge in [0, 0.05) is 0 Å². The van der Waals surface area contributed by atoms with Gasteiger partial charge in [0.05, 0.1) is 5.50 Å². The summed E-state index contributed by atoms with van der Waals surface area (Å²) in [6.45, 7) is 0. The van der Waals surface area contributed by atoms with Crippen LogP contribution in [0, 0.1) is 17.8 Å². The Kier molecular flexibility index (Phi) is 1.50. The van der Waals surface area contributed by atoms with Gasteiger partial charge in [-0.15, -0.1) is 11.6 Å². The van der Waals surface area contributed by atoms with E-state index in [0.717, 1.165) is 5.92 Å². The van der Waals surface area contributed by atoms with E-state index in [1.54, 1.807) is 0 Å². The average Bonchev–Trinajstić information content (AvgIpc) is 2.44. The zero-order chi connectivity index (χ0) is 7.14. The lowest BCUT2D eigenvalue weighted by molar-refractivity contribution is 0.431. The van der Waals surface area contributed by atoms with Gasteiger partial charge in [0.15, 0.2) is 0 Å². The molecule has 2 heteroatoms. The Morgan fingerprint density at radius 3 is 2.50 bits per heavy atom. The van der Waals surface area contributed by atoms with Crippen molar-refractivity contribution in [3.05, 3.63) is 12.2 Å². The largest absolute Gasteiger partial charge is 0.315 e. The number of hydrogen-bond donors (Lipinski definition) is 1. The fourth-order valence-corrected chi connectivity index (χ4v) is 2.48. The molecule has 4 unspecified atom stereocenters. The van der Waals surface area contributed by atoms with Crippen LogP contribution in [-0.4, -0.2) is 5.50 Å². The first-order valence-electron chi connectivity index (χ1n) is 3.85. The van der Waals surface area contributed by atoms with Gasteiger partial charge < -0.3 is 5.73 Å². The van der Waals surface area contributed by atoms with Crippen molar-refractivity contribution < 1.29 is 0 Å². The van der Waals surface area contributed by atoms with Crippen molar-refractivity contribution in [2.45, 2.75) is 18.3 Å². The smallest absolute Gasteiger partial charge is 0.0834 e. The SMILES string of the molecule is NC(Cl)C1CC2C=CC1C2. The van der Waals surface area contributed by atoms with E-state index in [1.807, 2.05) is 0 Å². The lowest BCUT2D eigenvalue weighted by Gasteiger charge is -2.19. The maximum absolute atomic E-state index is 5.82. The van der Waals surface area contributed by atoms with E-state index >= 15 is 0 Å². The van der Waals surface area contributed by atoms with Gasteiger partial charge in [-0.3, -0.25) is 0 Å². The minimum Gasteiger partial charge on any atom is -0.315 e. The average molecular weight is 158 g/mol. The predicted octanol–water partition coefficient (Wildman–Crippen LogP) is 1.72. The first-order chi connectivity index (χ1) is 4.77. The van der Waals surface area contributed by atoms with Gasteiger partial charge in [0.25, 0.3) is 0 Å². The second-order valence-electron chi connectivity index (χ2n) is 3.39. The molecule has 0 aromatic rings. The van der Waals surface area contributed by atoms with Crippen molar-refractivity contribution in [1.29, 1.82) is 0 Å². The summed E-state index contributed by atoms with van der Waals surface area (Å²) >= 11 is 5.82. The van der Waals surface area contributed by atoms with Crippen LogP contribution >= 0.6 is 11.6 Å². The van der Waals surface area contributed by atoms with Crippen LogP contribution in [0.3, 0.4) is 0 Å². The van der Waals surface area contributed by atoms with Gasteiger partial charge in [-0.05, 0) is 30.6 Å². The van der Waals surface area contributed by atoms with E-state index in [0.29, 0.717) is 11.8 Å². The molecule has 1 fully saturated rings. The van der Waals surface area contributed by atoms with Crippen LogP contribution in [0.5, 0.6) is 0 Å². The van der Waals surface area contributed by atoms with Crippen LogP contribution in [-0.2, 0) is 0 Å². The fraction of sp³-hybridized carbons (Fsp3) is 0.750. The van der Waals surface area contributed by atoms with Crippen molar-refractivity contribution in [2.75, 3.05) is 0 Å². The Balaban J connectivity index is 2.09. The summed E-state index contributed by atoms with van der Waals surface area (Å²) in [6, 6.07) is 0. The maximum atomic E-state index is 5.82. The topological polar surface area (TPSA) is 26.0 Å². The Bertz CT molecular complexity index is 165. The molecule has 56 valence electrons. The van der Waals surface area contributed by atoms with Gasteiger partial charge in [-0.25, -0.2) is 0 Å². The van der Waals surface area contributed by atoms with Crippen molar-refractivity contribution in [3.63, 3.8) is 0 Å². The fourth-order valence-electron chi connectivity index (χ4n) is 2.19. The highest BCUT2D eigenvalue weighted by Gasteiger charge is 2.37. The minimum absolute atomic E-state index is 0.125. The van der Waals surface area contributed by atoms with Crippen LogP contribution in [0.1, 0.15) is 12.8 Å². The number of alkyl halides is 1. The standard InChI is InChI=1S/C8H12ClN/c9-8(10)7-4-5-1-2-6(7)3-5/h1-2,5-8H,3-4,10H2. The van der Waals surface area contributed by atoms with E-state index in [-0.39, 0.29) is 5.50 Å². The molecule has 2 bridgehead atoms. The third-order valence-electron chi connectivity index (χ3n) is 2.74. The molecule has 2 aliphatic carbocycles. The second-order valence-corrected chi connectivity index (χ2v) is 3.89. The molecule has 2 N–H and O–H groups in total. The van der Waals surface area contributed by atoms with Crippen molar-refractivity contribution in [3.8, 4) is 0 Å². The Labute approximate surface area is 66.2 Å². The summed E-state index contributed by atoms with van der Waals surface area (Å²) in [5.74, 6) is 2.04. The molecule has 0 radical (unpaired) electrons. The molecule has 10 heavy (non-hydrogen) atoms. The molecule has 0 saturated heterocycles. The molecule has 0 aromatic carbocycles. The predicted molar refractivity (Wildman–Crippen MR) is 42.7 cm³/mol. The summed E-state index contributed by atoms with van der Waals surface area (Å²) in [4.78, 5) is 0. The van der Waals surface area contributed by atoms with E-state index in [4.69, 9.17) is 17.3 Å². The van der Waals surface area contributed by atoms with Gasteiger partial charge in [0.2, 0.25) is 0 Å². The number of hydrogen-bond acceptors (Lipinski definition) is 1. The third kappa shape index (κ3) is 0.886. The molecular weight excluding hydrogens is 146 g/mol. The van der Waals surface area contributed by atoms with Gasteiger partial charge in [0.1, 0.15) is 0 Å². The summed E-state index contributed by atoms with van der Waals surface area (Å²) < 4.78 is 0. The van der Waals surface area contributed by atoms with E-state index in [9.17, 15) is 0 Å². The second kappa shape index (κ2) is 2.24. The Morgan fingerprint density at radius 1 is 1.40 bits per heavy atom. The number of allylic oxidation sites excluding steroid dienone is 2. The van der Waals surface area contributed by atoms with E-state index in [2.05, 4.69) is 12.2 Å². The lowest BCUT2D eigenvalue weighted by atomic mass is 9.94. The summed E-state index contributed by atoms with van der Waals surface area (Å²) in [7, 11) is 0. The monoisotopic (exact) mass is 157 g/mol. The molecule has 0 aromatic heterocycles. The van der Waals surface area contributed by atoms with Gasteiger partial charge in [-0.1, -0.05) is 12.2 Å². The van der Waals surface area contributed by atoms with Crippen LogP contribution in [0.15, 0.2) is 12.2 Å². The van der Waals surface area contributed by atoms with Crippen molar-refractivity contribution in [1.82, 2.24) is 0 Å². The van der Waals surface area contributed by atoms with Crippen molar-refractivity contribution >= 4 is 11.6 Å². The quantitative estimate of drug-likeness (QED) is 0.350. The highest BCUT2D eigenvalue weighted by Crippen LogP contribution is 2.44. The van der Waals surface area contributed by atoms with Crippen LogP contribution < -0.4 is 5.73 Å². The lowest BCUT2D eigenvalue weighted by Crippen LogP contribution is -2.26. The third-order valence-corrected chi connectivity index (χ3v) is 3.06. The zero-order valence-electron chi connectivity index (χ0n) is 5.83. The molecule has 0 amide bonds. The Morgan fingerprint density at radius 2 is 2.20 bits per heavy atom. The first kappa shape index (κ1) is 6.68. The molecule has 1 saturated carbocycles. The summed E-state index contributed by atoms with van der Waals surface area (Å²) in [5, 5.41) is 0. The molecule has 4 atom stereocenters. The zero-order valence-corrected chi connectivity index (χ0v) is 6.59. The summed E-state index contributed by atoms with van der Waals surface area (Å²) in [6.07, 6.45) is 7.10. The first-order valence-corrected chi connectivity index (χ1v) is 4.29. The van der Waals surface area contributed by atoms with Gasteiger partial charge in [-0.2, -0.15) is 0 Å². The number of rotatable bonds is 1. The number of fused-ring (bicyclic) bond motifs is 2. The number of nitrogens with two attached hydrogens (primary N) is 1. The van der Waals surface area contributed by atoms with Crippen LogP contribution in [0.2, 0.25) is 0 Å². The Hall–Kier alpha value is -0.0100. The molecule has 2 rings (SSSR count). The molecule has 1 nitrogen and oxygen atoms in total. The summed E-state index contributed by atoms with van der Waals surface area (Å²) in [5.41, 5.74) is 5.49. The normalized spacial score (nSPS) is 46.4.